The normalized spacial score (nSPS) is 18.3. The molecule has 2 aliphatic rings. The van der Waals surface area contributed by atoms with Gasteiger partial charge in [-0.25, -0.2) is 4.68 Å². The fourth-order valence-corrected chi connectivity index (χ4v) is 3.40. The van der Waals surface area contributed by atoms with Crippen molar-refractivity contribution in [2.75, 3.05) is 5.32 Å². The van der Waals surface area contributed by atoms with E-state index in [0.29, 0.717) is 5.95 Å². The van der Waals surface area contributed by atoms with E-state index in [9.17, 15) is 4.79 Å². The monoisotopic (exact) mass is 300 g/mol. The number of hydrogen-bond donors (Lipinski definition) is 1. The largest absolute Gasteiger partial charge is 0.323 e. The number of carbonyl (C=O) groups excluding carboxylic acids is 1. The van der Waals surface area contributed by atoms with Crippen molar-refractivity contribution in [3.05, 3.63) is 83.2 Å². The van der Waals surface area contributed by atoms with Crippen LogP contribution in [-0.2, 0) is 0 Å². The van der Waals surface area contributed by atoms with E-state index in [4.69, 9.17) is 0 Å². The van der Waals surface area contributed by atoms with Gasteiger partial charge in [0.1, 0.15) is 12.4 Å². The van der Waals surface area contributed by atoms with Gasteiger partial charge < -0.3 is 5.32 Å². The molecule has 2 aromatic carbocycles. The lowest BCUT2D eigenvalue weighted by atomic mass is 9.94. The molecule has 0 saturated carbocycles. The Morgan fingerprint density at radius 3 is 2.52 bits per heavy atom. The summed E-state index contributed by atoms with van der Waals surface area (Å²) in [7, 11) is 0. The first-order valence-electron chi connectivity index (χ1n) is 7.44. The van der Waals surface area contributed by atoms with E-state index in [1.54, 1.807) is 4.68 Å². The van der Waals surface area contributed by atoms with E-state index in [1.807, 2.05) is 54.6 Å². The first kappa shape index (κ1) is 12.3. The minimum Gasteiger partial charge on any atom is -0.323 e. The zero-order valence-electron chi connectivity index (χ0n) is 12.1. The second kappa shape index (κ2) is 4.39. The predicted octanol–water partition coefficient (Wildman–Crippen LogP) is 2.90. The second-order valence-corrected chi connectivity index (χ2v) is 5.63. The molecule has 0 amide bonds. The first-order chi connectivity index (χ1) is 11.3. The van der Waals surface area contributed by atoms with Crippen LogP contribution in [0.2, 0.25) is 0 Å². The van der Waals surface area contributed by atoms with Crippen molar-refractivity contribution in [3.63, 3.8) is 0 Å². The van der Waals surface area contributed by atoms with Crippen LogP contribution in [0.4, 0.5) is 5.95 Å². The quantitative estimate of drug-likeness (QED) is 0.750. The molecule has 1 aliphatic heterocycles. The third-order valence-corrected chi connectivity index (χ3v) is 4.40. The zero-order chi connectivity index (χ0) is 15.4. The lowest BCUT2D eigenvalue weighted by Crippen LogP contribution is -2.25. The third-order valence-electron chi connectivity index (χ3n) is 4.40. The number of rotatable bonds is 1. The van der Waals surface area contributed by atoms with Gasteiger partial charge in [-0.15, -0.1) is 0 Å². The molecule has 1 aliphatic carbocycles. The van der Waals surface area contributed by atoms with Crippen molar-refractivity contribution in [3.8, 4) is 0 Å². The molecule has 5 heteroatoms. The van der Waals surface area contributed by atoms with Gasteiger partial charge in [0.05, 0.1) is 11.3 Å². The number of carbonyl (C=O) groups is 1. The smallest absolute Gasteiger partial charge is 0.226 e. The molecule has 0 unspecified atom stereocenters. The number of anilines is 1. The van der Waals surface area contributed by atoms with Gasteiger partial charge in [0.15, 0.2) is 5.78 Å². The number of ketones is 1. The summed E-state index contributed by atoms with van der Waals surface area (Å²) in [5.74, 6) is 0.709. The maximum absolute atomic E-state index is 13.0. The van der Waals surface area contributed by atoms with Gasteiger partial charge in [0.2, 0.25) is 5.95 Å². The number of aromatic nitrogens is 3. The van der Waals surface area contributed by atoms with Gasteiger partial charge in [0.25, 0.3) is 0 Å². The summed E-state index contributed by atoms with van der Waals surface area (Å²) >= 11 is 0. The Hall–Kier alpha value is -3.21. The lowest BCUT2D eigenvalue weighted by molar-refractivity contribution is 0.102. The fraction of sp³-hybridized carbons (Fsp3) is 0.0556. The molecule has 5 nitrogen and oxygen atoms in total. The second-order valence-electron chi connectivity index (χ2n) is 5.63. The summed E-state index contributed by atoms with van der Waals surface area (Å²) < 4.78 is 1.78. The topological polar surface area (TPSA) is 59.8 Å². The summed E-state index contributed by atoms with van der Waals surface area (Å²) in [5.41, 5.74) is 4.27. The number of benzene rings is 2. The molecular formula is C18H12N4O. The first-order valence-corrected chi connectivity index (χ1v) is 7.44. The van der Waals surface area contributed by atoms with Gasteiger partial charge in [-0.2, -0.15) is 10.1 Å². The molecule has 0 saturated heterocycles. The average Bonchev–Trinajstić information content (AvgIpc) is 3.18. The molecule has 5 rings (SSSR count). The average molecular weight is 300 g/mol. The Bertz CT molecular complexity index is 971. The minimum atomic E-state index is -0.259. The molecule has 1 aromatic heterocycles. The van der Waals surface area contributed by atoms with Gasteiger partial charge in [0, 0.05) is 11.1 Å². The van der Waals surface area contributed by atoms with Crippen LogP contribution in [0.1, 0.15) is 27.5 Å². The minimum absolute atomic E-state index is 0.0538. The molecule has 3 aromatic rings. The van der Waals surface area contributed by atoms with Gasteiger partial charge >= 0.3 is 0 Å². The van der Waals surface area contributed by atoms with Crippen LogP contribution < -0.4 is 5.32 Å². The van der Waals surface area contributed by atoms with Crippen molar-refractivity contribution in [2.24, 2.45) is 0 Å². The van der Waals surface area contributed by atoms with E-state index >= 15 is 0 Å². The molecule has 0 bridgehead atoms. The van der Waals surface area contributed by atoms with Crippen LogP contribution in [0.15, 0.2) is 66.5 Å². The van der Waals surface area contributed by atoms with Crippen molar-refractivity contribution in [2.45, 2.75) is 6.04 Å². The number of nitrogens with one attached hydrogen (secondary N) is 1. The molecule has 0 spiro atoms. The van der Waals surface area contributed by atoms with E-state index in [2.05, 4.69) is 15.4 Å². The van der Waals surface area contributed by atoms with Crippen LogP contribution in [0.3, 0.4) is 0 Å². The highest BCUT2D eigenvalue weighted by atomic mass is 16.1. The molecule has 110 valence electrons. The highest BCUT2D eigenvalue weighted by Gasteiger charge is 2.40. The molecule has 0 fully saturated rings. The Labute approximate surface area is 132 Å². The highest BCUT2D eigenvalue weighted by Crippen LogP contribution is 2.44. The van der Waals surface area contributed by atoms with E-state index in [1.165, 1.54) is 6.33 Å². The molecular weight excluding hydrogens is 288 g/mol. The molecule has 1 atom stereocenters. The fourth-order valence-electron chi connectivity index (χ4n) is 3.40. The number of fused-ring (bicyclic) bond motifs is 3. The number of nitrogens with zero attached hydrogens (tertiary/aromatic N) is 3. The van der Waals surface area contributed by atoms with Crippen LogP contribution in [0.25, 0.3) is 5.70 Å². The molecule has 1 N–H and O–H groups in total. The van der Waals surface area contributed by atoms with Crippen LogP contribution in [0.5, 0.6) is 0 Å². The van der Waals surface area contributed by atoms with Gasteiger partial charge in [-0.05, 0) is 5.56 Å². The van der Waals surface area contributed by atoms with E-state index in [-0.39, 0.29) is 11.8 Å². The number of Topliss-reactive ketones (excluding diaryl/α,β-unsaturated/α-hetero) is 1. The van der Waals surface area contributed by atoms with Gasteiger partial charge in [-0.1, -0.05) is 54.6 Å². The summed E-state index contributed by atoms with van der Waals surface area (Å²) in [6.07, 6.45) is 1.51. The Kier molecular flexibility index (Phi) is 2.36. The maximum Gasteiger partial charge on any atom is 0.226 e. The van der Waals surface area contributed by atoms with Crippen LogP contribution >= 0.6 is 0 Å². The maximum atomic E-state index is 13.0. The van der Waals surface area contributed by atoms with Crippen molar-refractivity contribution in [1.82, 2.24) is 14.8 Å². The van der Waals surface area contributed by atoms with Crippen LogP contribution in [0, 0.1) is 0 Å². The lowest BCUT2D eigenvalue weighted by Gasteiger charge is -2.26. The summed E-state index contributed by atoms with van der Waals surface area (Å²) in [6.45, 7) is 0. The standard InChI is InChI=1S/C18H12N4O/c23-17-13-9-5-4-8-12(13)15-14(17)16(11-6-2-1-3-7-11)22-18(21-15)19-10-20-22/h1-10,16H,(H,19,20,21)/t16-/m0/s1. The van der Waals surface area contributed by atoms with E-state index in [0.717, 1.165) is 28.0 Å². The summed E-state index contributed by atoms with van der Waals surface area (Å²) in [6, 6.07) is 17.4. The Balaban J connectivity index is 1.79. The van der Waals surface area contributed by atoms with Crippen molar-refractivity contribution in [1.29, 1.82) is 0 Å². The van der Waals surface area contributed by atoms with Gasteiger partial charge in [-0.3, -0.25) is 4.79 Å². The Morgan fingerprint density at radius 1 is 0.957 bits per heavy atom. The summed E-state index contributed by atoms with van der Waals surface area (Å²) in [4.78, 5) is 17.3. The SMILES string of the molecule is O=C1C2=C(Nc3ncnn3[C@H]2c2ccccc2)c2ccccc21. The summed E-state index contributed by atoms with van der Waals surface area (Å²) in [5, 5.41) is 7.60. The highest BCUT2D eigenvalue weighted by molar-refractivity contribution is 6.23. The molecule has 0 radical (unpaired) electrons. The van der Waals surface area contributed by atoms with Crippen LogP contribution in [-0.4, -0.2) is 20.5 Å². The zero-order valence-corrected chi connectivity index (χ0v) is 12.1. The molecule has 23 heavy (non-hydrogen) atoms. The van der Waals surface area contributed by atoms with E-state index < -0.39 is 0 Å². The molecule has 2 heterocycles. The third kappa shape index (κ3) is 1.59. The van der Waals surface area contributed by atoms with Crippen molar-refractivity contribution >= 4 is 17.4 Å². The number of hydrogen-bond acceptors (Lipinski definition) is 4. The number of allylic oxidation sites excluding steroid dienone is 1. The Morgan fingerprint density at radius 2 is 1.70 bits per heavy atom. The predicted molar refractivity (Wildman–Crippen MR) is 85.9 cm³/mol. The van der Waals surface area contributed by atoms with Crippen molar-refractivity contribution < 1.29 is 4.79 Å².